The van der Waals surface area contributed by atoms with E-state index in [2.05, 4.69) is 5.32 Å². The van der Waals surface area contributed by atoms with E-state index in [0.29, 0.717) is 13.0 Å². The van der Waals surface area contributed by atoms with Crippen molar-refractivity contribution in [2.75, 3.05) is 13.7 Å². The number of hydrogen-bond donors (Lipinski definition) is 2. The lowest BCUT2D eigenvalue weighted by atomic mass is 10.0. The molecule has 1 aliphatic heterocycles. The highest BCUT2D eigenvalue weighted by molar-refractivity contribution is 5.85. The van der Waals surface area contributed by atoms with Gasteiger partial charge in [-0.2, -0.15) is 0 Å². The molecule has 128 valence electrons. The number of ether oxygens (including phenoxy) is 2. The topological polar surface area (TPSA) is 90.7 Å². The van der Waals surface area contributed by atoms with Crippen molar-refractivity contribution in [3.8, 4) is 0 Å². The Labute approximate surface area is 142 Å². The van der Waals surface area contributed by atoms with Crippen LogP contribution >= 0.6 is 12.4 Å². The molecule has 1 amide bonds. The van der Waals surface area contributed by atoms with Crippen LogP contribution < -0.4 is 11.1 Å². The number of esters is 1. The van der Waals surface area contributed by atoms with Gasteiger partial charge in [0, 0.05) is 6.54 Å². The number of rotatable bonds is 6. The van der Waals surface area contributed by atoms with E-state index in [0.717, 1.165) is 12.0 Å². The molecule has 0 bridgehead atoms. The van der Waals surface area contributed by atoms with Gasteiger partial charge in [0.15, 0.2) is 0 Å². The fourth-order valence-corrected chi connectivity index (χ4v) is 2.52. The van der Waals surface area contributed by atoms with E-state index >= 15 is 0 Å². The largest absolute Gasteiger partial charge is 0.469 e. The first-order valence-electron chi connectivity index (χ1n) is 7.41. The predicted octanol–water partition coefficient (Wildman–Crippen LogP) is 1.34. The lowest BCUT2D eigenvalue weighted by Gasteiger charge is -2.20. The van der Waals surface area contributed by atoms with Crippen molar-refractivity contribution in [1.29, 1.82) is 0 Å². The molecule has 7 heteroatoms. The van der Waals surface area contributed by atoms with Crippen LogP contribution in [0.25, 0.3) is 0 Å². The summed E-state index contributed by atoms with van der Waals surface area (Å²) in [5.41, 5.74) is 6.41. The van der Waals surface area contributed by atoms with E-state index in [-0.39, 0.29) is 36.8 Å². The van der Waals surface area contributed by atoms with Crippen molar-refractivity contribution in [1.82, 2.24) is 5.32 Å². The van der Waals surface area contributed by atoms with Gasteiger partial charge < -0.3 is 20.5 Å². The quantitative estimate of drug-likeness (QED) is 0.761. The number of halogens is 1. The molecule has 0 aromatic heterocycles. The Kier molecular flexibility index (Phi) is 8.02. The summed E-state index contributed by atoms with van der Waals surface area (Å²) in [5, 5.41) is 2.88. The molecule has 1 aromatic carbocycles. The zero-order valence-electron chi connectivity index (χ0n) is 13.1. The van der Waals surface area contributed by atoms with Gasteiger partial charge in [-0.25, -0.2) is 0 Å². The van der Waals surface area contributed by atoms with Crippen molar-refractivity contribution >= 4 is 24.3 Å². The molecule has 2 rings (SSSR count). The van der Waals surface area contributed by atoms with Gasteiger partial charge in [0.05, 0.1) is 25.7 Å². The van der Waals surface area contributed by atoms with Crippen LogP contribution in [0.15, 0.2) is 30.3 Å². The summed E-state index contributed by atoms with van der Waals surface area (Å²) in [5.74, 6) is -0.588. The van der Waals surface area contributed by atoms with Gasteiger partial charge in [-0.3, -0.25) is 9.59 Å². The predicted molar refractivity (Wildman–Crippen MR) is 88.2 cm³/mol. The Morgan fingerprint density at radius 2 is 2.04 bits per heavy atom. The minimum atomic E-state index is -0.502. The highest BCUT2D eigenvalue weighted by Crippen LogP contribution is 2.22. The number of methoxy groups -OCH3 is 1. The Morgan fingerprint density at radius 3 is 2.61 bits per heavy atom. The molecule has 0 aliphatic carbocycles. The van der Waals surface area contributed by atoms with Gasteiger partial charge in [-0.15, -0.1) is 12.4 Å². The molecule has 1 aliphatic rings. The van der Waals surface area contributed by atoms with E-state index in [1.807, 2.05) is 30.3 Å². The molecule has 0 radical (unpaired) electrons. The van der Waals surface area contributed by atoms with Crippen molar-refractivity contribution in [3.05, 3.63) is 35.9 Å². The van der Waals surface area contributed by atoms with Crippen LogP contribution in [0.4, 0.5) is 0 Å². The molecule has 1 saturated heterocycles. The summed E-state index contributed by atoms with van der Waals surface area (Å²) in [6, 6.07) is 8.91. The minimum Gasteiger partial charge on any atom is -0.469 e. The first-order chi connectivity index (χ1) is 10.6. The second-order valence-electron chi connectivity index (χ2n) is 5.31. The highest BCUT2D eigenvalue weighted by atomic mass is 35.5. The molecule has 6 nitrogen and oxygen atoms in total. The van der Waals surface area contributed by atoms with Crippen molar-refractivity contribution in [2.24, 2.45) is 5.73 Å². The lowest BCUT2D eigenvalue weighted by Crippen LogP contribution is -2.38. The normalized spacial score (nSPS) is 21.1. The third-order valence-corrected chi connectivity index (χ3v) is 3.78. The second kappa shape index (κ2) is 9.50. The summed E-state index contributed by atoms with van der Waals surface area (Å²) in [6.07, 6.45) is 0.942. The van der Waals surface area contributed by atoms with E-state index in [4.69, 9.17) is 15.2 Å². The number of hydrogen-bond acceptors (Lipinski definition) is 5. The maximum absolute atomic E-state index is 12.3. The van der Waals surface area contributed by atoms with Crippen LogP contribution in [0, 0.1) is 0 Å². The van der Waals surface area contributed by atoms with E-state index < -0.39 is 12.1 Å². The maximum Gasteiger partial charge on any atom is 0.307 e. The van der Waals surface area contributed by atoms with E-state index in [9.17, 15) is 9.59 Å². The Bertz CT molecular complexity index is 512. The number of amides is 1. The first kappa shape index (κ1) is 19.4. The fourth-order valence-electron chi connectivity index (χ4n) is 2.52. The van der Waals surface area contributed by atoms with Crippen LogP contribution in [0.1, 0.15) is 30.9 Å². The molecule has 1 heterocycles. The Balaban J connectivity index is 0.00000264. The molecule has 3 atom stereocenters. The van der Waals surface area contributed by atoms with Gasteiger partial charge in [0.2, 0.25) is 5.91 Å². The van der Waals surface area contributed by atoms with Gasteiger partial charge in [-0.05, 0) is 18.4 Å². The molecule has 23 heavy (non-hydrogen) atoms. The van der Waals surface area contributed by atoms with Crippen molar-refractivity contribution < 1.29 is 19.1 Å². The highest BCUT2D eigenvalue weighted by Gasteiger charge is 2.31. The molecular weight excluding hydrogens is 320 g/mol. The Hall–Kier alpha value is -1.63. The Morgan fingerprint density at radius 1 is 1.35 bits per heavy atom. The van der Waals surface area contributed by atoms with Gasteiger partial charge in [0.1, 0.15) is 6.10 Å². The number of carbonyl (C=O) groups is 2. The molecule has 0 saturated carbocycles. The number of nitrogens with one attached hydrogen (secondary N) is 1. The fraction of sp³-hybridized carbons (Fsp3) is 0.500. The zero-order chi connectivity index (χ0) is 15.9. The van der Waals surface area contributed by atoms with Gasteiger partial charge in [-0.1, -0.05) is 30.3 Å². The summed E-state index contributed by atoms with van der Waals surface area (Å²) in [7, 11) is 1.33. The van der Waals surface area contributed by atoms with Crippen LogP contribution in [0.5, 0.6) is 0 Å². The zero-order valence-corrected chi connectivity index (χ0v) is 13.9. The van der Waals surface area contributed by atoms with E-state index in [1.54, 1.807) is 0 Å². The smallest absolute Gasteiger partial charge is 0.307 e. The molecule has 1 unspecified atom stereocenters. The third kappa shape index (κ3) is 5.49. The lowest BCUT2D eigenvalue weighted by molar-refractivity contribution is -0.141. The SMILES string of the molecule is COC(=O)CC(NC(=O)[C@@H]1CC[C@H](CN)O1)c1ccccc1.Cl. The van der Waals surface area contributed by atoms with Gasteiger partial charge in [0.25, 0.3) is 0 Å². The molecule has 0 spiro atoms. The molecule has 1 fully saturated rings. The summed E-state index contributed by atoms with van der Waals surface area (Å²) < 4.78 is 10.3. The van der Waals surface area contributed by atoms with E-state index in [1.165, 1.54) is 7.11 Å². The molecule has 1 aromatic rings. The number of benzene rings is 1. The average Bonchev–Trinajstić information content (AvgIpc) is 3.04. The van der Waals surface area contributed by atoms with Crippen LogP contribution in [-0.2, 0) is 19.1 Å². The summed E-state index contributed by atoms with van der Waals surface area (Å²) >= 11 is 0. The summed E-state index contributed by atoms with van der Waals surface area (Å²) in [6.45, 7) is 0.411. The van der Waals surface area contributed by atoms with Crippen LogP contribution in [0.3, 0.4) is 0 Å². The van der Waals surface area contributed by atoms with Crippen molar-refractivity contribution in [3.63, 3.8) is 0 Å². The monoisotopic (exact) mass is 342 g/mol. The minimum absolute atomic E-state index is 0. The average molecular weight is 343 g/mol. The summed E-state index contributed by atoms with van der Waals surface area (Å²) in [4.78, 5) is 23.9. The number of nitrogens with two attached hydrogens (primary N) is 1. The second-order valence-corrected chi connectivity index (χ2v) is 5.31. The van der Waals surface area contributed by atoms with Gasteiger partial charge >= 0.3 is 5.97 Å². The maximum atomic E-state index is 12.3. The first-order valence-corrected chi connectivity index (χ1v) is 7.41. The van der Waals surface area contributed by atoms with Crippen LogP contribution in [-0.4, -0.2) is 37.7 Å². The van der Waals surface area contributed by atoms with Crippen molar-refractivity contribution in [2.45, 2.75) is 37.5 Å². The number of carbonyl (C=O) groups excluding carboxylic acids is 2. The van der Waals surface area contributed by atoms with Crippen LogP contribution in [0.2, 0.25) is 0 Å². The molecule has 3 N–H and O–H groups in total. The third-order valence-electron chi connectivity index (χ3n) is 3.78. The molecular formula is C16H23ClN2O4. The standard InChI is InChI=1S/C16H22N2O4.ClH/c1-21-15(19)9-13(11-5-3-2-4-6-11)18-16(20)14-8-7-12(10-17)22-14;/h2-6,12-14H,7-10,17H2,1H3,(H,18,20);1H/t12-,13?,14+;/m1./s1.